The molecule has 0 spiro atoms. The van der Waals surface area contributed by atoms with Crippen molar-refractivity contribution in [1.82, 2.24) is 14.9 Å². The van der Waals surface area contributed by atoms with E-state index in [4.69, 9.17) is 4.74 Å². The Morgan fingerprint density at radius 1 is 1.35 bits per heavy atom. The van der Waals surface area contributed by atoms with Gasteiger partial charge in [0.25, 0.3) is 0 Å². The van der Waals surface area contributed by atoms with Crippen LogP contribution in [0.3, 0.4) is 0 Å². The minimum absolute atomic E-state index is 0.0811. The van der Waals surface area contributed by atoms with Gasteiger partial charge < -0.3 is 10.1 Å². The van der Waals surface area contributed by atoms with Crippen LogP contribution in [-0.4, -0.2) is 28.8 Å². The van der Waals surface area contributed by atoms with Gasteiger partial charge in [-0.3, -0.25) is 0 Å². The molecule has 0 aromatic carbocycles. The lowest BCUT2D eigenvalue weighted by molar-refractivity contribution is 0.0117. The molecule has 0 radical (unpaired) electrons. The molecule has 0 amide bonds. The maximum atomic E-state index is 5.53. The molecule has 5 heteroatoms. The van der Waals surface area contributed by atoms with E-state index in [1.165, 1.54) is 16.4 Å². The first-order valence-electron chi connectivity index (χ1n) is 7.52. The number of nitrogens with one attached hydrogen (secondary N) is 1. The molecule has 1 rings (SSSR count). The van der Waals surface area contributed by atoms with E-state index in [0.717, 1.165) is 31.5 Å². The summed E-state index contributed by atoms with van der Waals surface area (Å²) in [5.41, 5.74) is 1.06. The van der Waals surface area contributed by atoms with Crippen LogP contribution in [0.4, 0.5) is 0 Å². The molecule has 4 nitrogen and oxygen atoms in total. The van der Waals surface area contributed by atoms with Crippen molar-refractivity contribution in [3.63, 3.8) is 0 Å². The van der Waals surface area contributed by atoms with Gasteiger partial charge in [0.1, 0.15) is 0 Å². The maximum absolute atomic E-state index is 5.53. The molecule has 0 bridgehead atoms. The Kier molecular flexibility index (Phi) is 7.06. The van der Waals surface area contributed by atoms with Crippen molar-refractivity contribution in [1.29, 1.82) is 0 Å². The van der Waals surface area contributed by atoms with E-state index in [9.17, 15) is 0 Å². The molecule has 1 aromatic heterocycles. The molecule has 20 heavy (non-hydrogen) atoms. The summed E-state index contributed by atoms with van der Waals surface area (Å²) in [5.74, 6) is 0.421. The van der Waals surface area contributed by atoms with Crippen molar-refractivity contribution in [2.24, 2.45) is 0 Å². The van der Waals surface area contributed by atoms with Crippen LogP contribution in [0.25, 0.3) is 0 Å². The number of hydrogen-bond acceptors (Lipinski definition) is 5. The topological polar surface area (TPSA) is 47.0 Å². The molecule has 0 aliphatic heterocycles. The van der Waals surface area contributed by atoms with Gasteiger partial charge in [0.05, 0.1) is 16.2 Å². The summed E-state index contributed by atoms with van der Waals surface area (Å²) in [6, 6.07) is 0.335. The number of aromatic nitrogens is 2. The lowest BCUT2D eigenvalue weighted by atomic mass is 9.96. The largest absolute Gasteiger partial charge is 0.379 e. The fourth-order valence-electron chi connectivity index (χ4n) is 2.08. The highest BCUT2D eigenvalue weighted by Gasteiger charge is 2.24. The molecule has 0 saturated carbocycles. The second-order valence-corrected chi connectivity index (χ2v) is 6.97. The summed E-state index contributed by atoms with van der Waals surface area (Å²) in [6.07, 6.45) is 3.19. The quantitative estimate of drug-likeness (QED) is 0.751. The van der Waals surface area contributed by atoms with Gasteiger partial charge in [-0.2, -0.15) is 0 Å². The SMILES string of the molecule is CCCNC(CCC(C)(C)OC)c1snnc1C(C)C. The Hall–Kier alpha value is -0.520. The first kappa shape index (κ1) is 17.5. The van der Waals surface area contributed by atoms with Crippen molar-refractivity contribution in [3.05, 3.63) is 10.6 Å². The van der Waals surface area contributed by atoms with Crippen LogP contribution >= 0.6 is 11.5 Å². The van der Waals surface area contributed by atoms with Gasteiger partial charge in [-0.1, -0.05) is 25.3 Å². The molecule has 0 fully saturated rings. The third-order valence-electron chi connectivity index (χ3n) is 3.63. The molecule has 1 N–H and O–H groups in total. The average Bonchev–Trinajstić information content (AvgIpc) is 2.88. The highest BCUT2D eigenvalue weighted by atomic mass is 32.1. The third-order valence-corrected chi connectivity index (χ3v) is 4.49. The Labute approximate surface area is 127 Å². The number of nitrogens with zero attached hydrogens (tertiary/aromatic N) is 2. The van der Waals surface area contributed by atoms with Gasteiger partial charge in [-0.05, 0) is 57.1 Å². The average molecular weight is 299 g/mol. The van der Waals surface area contributed by atoms with E-state index in [0.29, 0.717) is 12.0 Å². The molecule has 0 aliphatic carbocycles. The lowest BCUT2D eigenvalue weighted by Gasteiger charge is -2.26. The molecule has 1 unspecified atom stereocenters. The van der Waals surface area contributed by atoms with Crippen LogP contribution in [0.5, 0.6) is 0 Å². The molecule has 1 atom stereocenters. The second kappa shape index (κ2) is 8.05. The maximum Gasteiger partial charge on any atom is 0.0829 e. The second-order valence-electron chi connectivity index (χ2n) is 6.19. The molecule has 1 aromatic rings. The van der Waals surface area contributed by atoms with Gasteiger partial charge in [-0.25, -0.2) is 0 Å². The Bertz CT molecular complexity index is 390. The van der Waals surface area contributed by atoms with Gasteiger partial charge in [-0.15, -0.1) is 5.10 Å². The summed E-state index contributed by atoms with van der Waals surface area (Å²) in [4.78, 5) is 1.29. The number of ether oxygens (including phenoxy) is 1. The van der Waals surface area contributed by atoms with E-state index in [2.05, 4.69) is 49.5 Å². The summed E-state index contributed by atoms with van der Waals surface area (Å²) < 4.78 is 9.69. The summed E-state index contributed by atoms with van der Waals surface area (Å²) in [7, 11) is 1.78. The zero-order valence-corrected chi connectivity index (χ0v) is 14.5. The number of hydrogen-bond donors (Lipinski definition) is 1. The molecule has 0 saturated heterocycles. The minimum atomic E-state index is -0.0811. The molecular weight excluding hydrogens is 270 g/mol. The highest BCUT2D eigenvalue weighted by molar-refractivity contribution is 7.05. The third kappa shape index (κ3) is 5.11. The van der Waals surface area contributed by atoms with Crippen molar-refractivity contribution in [2.45, 2.75) is 71.4 Å². The van der Waals surface area contributed by atoms with Gasteiger partial charge >= 0.3 is 0 Å². The smallest absolute Gasteiger partial charge is 0.0829 e. The van der Waals surface area contributed by atoms with Crippen LogP contribution in [0.2, 0.25) is 0 Å². The summed E-state index contributed by atoms with van der Waals surface area (Å²) in [6.45, 7) is 11.8. The summed E-state index contributed by atoms with van der Waals surface area (Å²) >= 11 is 1.53. The van der Waals surface area contributed by atoms with Crippen molar-refractivity contribution >= 4 is 11.5 Å². The van der Waals surface area contributed by atoms with Crippen LogP contribution in [0.1, 0.15) is 76.4 Å². The zero-order chi connectivity index (χ0) is 15.2. The molecule has 0 aliphatic rings. The Morgan fingerprint density at radius 3 is 2.60 bits per heavy atom. The predicted octanol–water partition coefficient (Wildman–Crippen LogP) is 3.91. The summed E-state index contributed by atoms with van der Waals surface area (Å²) in [5, 5.41) is 7.95. The van der Waals surface area contributed by atoms with Gasteiger partial charge in [0, 0.05) is 13.2 Å². The Morgan fingerprint density at radius 2 is 2.05 bits per heavy atom. The monoisotopic (exact) mass is 299 g/mol. The molecular formula is C15H29N3OS. The van der Waals surface area contributed by atoms with E-state index in [1.807, 2.05) is 0 Å². The van der Waals surface area contributed by atoms with Crippen LogP contribution in [0, 0.1) is 0 Å². The van der Waals surface area contributed by atoms with Crippen LogP contribution in [-0.2, 0) is 4.74 Å². The van der Waals surface area contributed by atoms with E-state index in [-0.39, 0.29) is 5.60 Å². The van der Waals surface area contributed by atoms with Crippen molar-refractivity contribution in [2.75, 3.05) is 13.7 Å². The lowest BCUT2D eigenvalue weighted by Crippen LogP contribution is -2.28. The number of methoxy groups -OCH3 is 1. The van der Waals surface area contributed by atoms with Crippen molar-refractivity contribution in [3.8, 4) is 0 Å². The standard InChI is InChI=1S/C15H29N3OS/c1-7-10-16-12(8-9-15(4,5)19-6)14-13(11(2)3)17-18-20-14/h11-12,16H,7-10H2,1-6H3. The predicted molar refractivity (Wildman–Crippen MR) is 85.4 cm³/mol. The first-order chi connectivity index (χ1) is 9.41. The fourth-order valence-corrected chi connectivity index (χ4v) is 3.00. The van der Waals surface area contributed by atoms with E-state index in [1.54, 1.807) is 7.11 Å². The number of rotatable bonds is 9. The normalized spacial score (nSPS) is 13.9. The van der Waals surface area contributed by atoms with Crippen LogP contribution in [0.15, 0.2) is 0 Å². The molecule has 116 valence electrons. The first-order valence-corrected chi connectivity index (χ1v) is 8.29. The van der Waals surface area contributed by atoms with Crippen molar-refractivity contribution < 1.29 is 4.74 Å². The highest BCUT2D eigenvalue weighted by Crippen LogP contribution is 2.31. The fraction of sp³-hybridized carbons (Fsp3) is 0.867. The van der Waals surface area contributed by atoms with Gasteiger partial charge in [0.15, 0.2) is 0 Å². The Balaban J connectivity index is 2.80. The van der Waals surface area contributed by atoms with Crippen LogP contribution < -0.4 is 5.32 Å². The van der Waals surface area contributed by atoms with Gasteiger partial charge in [0.2, 0.25) is 0 Å². The van der Waals surface area contributed by atoms with E-state index < -0.39 is 0 Å². The van der Waals surface area contributed by atoms with E-state index >= 15 is 0 Å². The molecule has 1 heterocycles. The zero-order valence-electron chi connectivity index (χ0n) is 13.7. The minimum Gasteiger partial charge on any atom is -0.379 e.